The fourth-order valence-electron chi connectivity index (χ4n) is 3.81. The van der Waals surface area contributed by atoms with Crippen LogP contribution in [0.5, 0.6) is 0 Å². The van der Waals surface area contributed by atoms with Gasteiger partial charge in [-0.3, -0.25) is 4.79 Å². The molecule has 0 saturated heterocycles. The Kier molecular flexibility index (Phi) is 6.40. The molecule has 0 saturated carbocycles. The van der Waals surface area contributed by atoms with E-state index in [-0.39, 0.29) is 5.56 Å². The lowest BCUT2D eigenvalue weighted by Crippen LogP contribution is -2.14. The Morgan fingerprint density at radius 1 is 1.24 bits per heavy atom. The highest BCUT2D eigenvalue weighted by atomic mass is 35.5. The fourth-order valence-corrected chi connectivity index (χ4v) is 4.31. The molecule has 0 aliphatic heterocycles. The van der Waals surface area contributed by atoms with Gasteiger partial charge in [-0.05, 0) is 48.9 Å². The highest BCUT2D eigenvalue weighted by Crippen LogP contribution is 2.34. The van der Waals surface area contributed by atoms with Gasteiger partial charge >= 0.3 is 6.03 Å². The number of aromatic amines is 1. The van der Waals surface area contributed by atoms with E-state index < -0.39 is 6.03 Å². The highest BCUT2D eigenvalue weighted by Gasteiger charge is 2.17. The molecule has 2 heterocycles. The van der Waals surface area contributed by atoms with Crippen LogP contribution in [0.25, 0.3) is 21.8 Å². The third kappa shape index (κ3) is 4.31. The predicted molar refractivity (Wildman–Crippen MR) is 135 cm³/mol. The number of para-hydroxylation sites is 1. The number of anilines is 2. The number of aromatic nitrogens is 3. The second-order valence-electron chi connectivity index (χ2n) is 7.54. The number of imidazole rings is 1. The van der Waals surface area contributed by atoms with Crippen molar-refractivity contribution in [3.63, 3.8) is 0 Å². The van der Waals surface area contributed by atoms with Gasteiger partial charge in [0, 0.05) is 26.0 Å². The summed E-state index contributed by atoms with van der Waals surface area (Å²) in [5.41, 5.74) is 3.49. The Morgan fingerprint density at radius 3 is 2.67 bits per heavy atom. The number of urea groups is 1. The van der Waals surface area contributed by atoms with E-state index in [9.17, 15) is 9.59 Å². The largest absolute Gasteiger partial charge is 0.340 e. The van der Waals surface area contributed by atoms with Gasteiger partial charge in [-0.25, -0.2) is 14.8 Å². The smallest absolute Gasteiger partial charge is 0.339 e. The number of benzene rings is 2. The van der Waals surface area contributed by atoms with Crippen molar-refractivity contribution in [3.05, 3.63) is 62.0 Å². The Morgan fingerprint density at radius 2 is 1.97 bits per heavy atom. The number of carbonyl (C=O) groups excluding carboxylic acids is 1. The van der Waals surface area contributed by atoms with Gasteiger partial charge in [-0.1, -0.05) is 35.3 Å². The summed E-state index contributed by atoms with van der Waals surface area (Å²) in [5.74, 6) is 0.513. The monoisotopic (exact) mass is 484 g/mol. The van der Waals surface area contributed by atoms with Gasteiger partial charge in [0.15, 0.2) is 0 Å². The summed E-state index contributed by atoms with van der Waals surface area (Å²) in [6, 6.07) is 8.64. The summed E-state index contributed by atoms with van der Waals surface area (Å²) in [5, 5.41) is 7.96. The van der Waals surface area contributed by atoms with Crippen LogP contribution < -0.4 is 16.2 Å². The van der Waals surface area contributed by atoms with Gasteiger partial charge in [0.2, 0.25) is 5.95 Å². The van der Waals surface area contributed by atoms with Crippen LogP contribution in [0.2, 0.25) is 10.0 Å². The minimum atomic E-state index is -0.403. The van der Waals surface area contributed by atoms with E-state index in [0.717, 1.165) is 16.6 Å². The number of carbonyl (C=O) groups is 1. The molecule has 0 spiro atoms. The van der Waals surface area contributed by atoms with Crippen molar-refractivity contribution in [1.29, 1.82) is 0 Å². The van der Waals surface area contributed by atoms with Gasteiger partial charge in [-0.15, -0.1) is 0 Å². The van der Waals surface area contributed by atoms with Crippen LogP contribution >= 0.6 is 23.2 Å². The summed E-state index contributed by atoms with van der Waals surface area (Å²) in [4.78, 5) is 35.8. The molecule has 0 radical (unpaired) electrons. The first-order valence-corrected chi connectivity index (χ1v) is 11.0. The van der Waals surface area contributed by atoms with Crippen LogP contribution in [0.3, 0.4) is 0 Å². The first-order chi connectivity index (χ1) is 15.8. The normalized spacial score (nSPS) is 11.5. The maximum Gasteiger partial charge on any atom is 0.340 e. The number of nitrogens with one attached hydrogen (secondary N) is 3. The lowest BCUT2D eigenvalue weighted by Gasteiger charge is -2.11. The van der Waals surface area contributed by atoms with Crippen molar-refractivity contribution >= 4 is 68.9 Å². The van der Waals surface area contributed by atoms with Gasteiger partial charge < -0.3 is 20.2 Å². The molecule has 0 aliphatic rings. The van der Waals surface area contributed by atoms with E-state index in [1.807, 2.05) is 30.7 Å². The Bertz CT molecular complexity index is 1450. The molecule has 3 N–H and O–H groups in total. The number of nitrogens with zero attached hydrogens (tertiary/aromatic N) is 3. The minimum absolute atomic E-state index is 0.204. The van der Waals surface area contributed by atoms with Crippen molar-refractivity contribution in [2.75, 3.05) is 12.4 Å². The molecule has 33 heavy (non-hydrogen) atoms. The lowest BCUT2D eigenvalue weighted by molar-refractivity contribution is 0.251. The van der Waals surface area contributed by atoms with Crippen molar-refractivity contribution in [2.24, 2.45) is 12.0 Å². The first kappa shape index (κ1) is 22.8. The molecule has 10 heteroatoms. The van der Waals surface area contributed by atoms with Crippen LogP contribution in [0.15, 0.2) is 40.1 Å². The molecule has 0 aliphatic carbocycles. The molecule has 2 amide bonds. The van der Waals surface area contributed by atoms with Crippen molar-refractivity contribution < 1.29 is 4.79 Å². The molecule has 8 nitrogen and oxygen atoms in total. The predicted octanol–water partition coefficient (Wildman–Crippen LogP) is 5.12. The number of hydrogen-bond acceptors (Lipinski definition) is 4. The fraction of sp³-hybridized carbons (Fsp3) is 0.217. The van der Waals surface area contributed by atoms with Gasteiger partial charge in [0.1, 0.15) is 0 Å². The highest BCUT2D eigenvalue weighted by molar-refractivity contribution is 6.39. The minimum Gasteiger partial charge on any atom is -0.339 e. The Labute approximate surface area is 199 Å². The molecule has 0 atom stereocenters. The molecule has 170 valence electrons. The summed E-state index contributed by atoms with van der Waals surface area (Å²) in [7, 11) is 3.35. The Balaban J connectivity index is 1.76. The SMILES string of the molecule is CNC(=O)N=CCCc1[nH]c(=O)c2c(ccc3nc(Nc4c(Cl)cccc4Cl)n(C)c32)c1C. The first-order valence-electron chi connectivity index (χ1n) is 10.3. The van der Waals surface area contributed by atoms with Crippen LogP contribution in [0.1, 0.15) is 17.7 Å². The van der Waals surface area contributed by atoms with E-state index in [2.05, 4.69) is 25.6 Å². The topological polar surface area (TPSA) is 104 Å². The van der Waals surface area contributed by atoms with Gasteiger partial charge in [-0.2, -0.15) is 0 Å². The van der Waals surface area contributed by atoms with Crippen LogP contribution in [-0.4, -0.2) is 33.8 Å². The zero-order chi connectivity index (χ0) is 23.7. The number of amides is 2. The standard InChI is InChI=1S/C23H22Cl2N6O2/c1-12-13-9-10-17-20(18(13)21(32)28-16(12)8-5-11-27-23(33)26-2)31(3)22(29-17)30-19-14(24)6-4-7-15(19)25/h4,6-7,9-11H,5,8H2,1-3H3,(H,26,33)(H,28,32)(H,29,30). The molecule has 0 fully saturated rings. The number of aryl methyl sites for hydroxylation is 3. The number of halogens is 2. The van der Waals surface area contributed by atoms with E-state index in [0.29, 0.717) is 50.9 Å². The summed E-state index contributed by atoms with van der Waals surface area (Å²) < 4.78 is 1.82. The summed E-state index contributed by atoms with van der Waals surface area (Å²) in [6.07, 6.45) is 2.62. The number of hydrogen-bond donors (Lipinski definition) is 3. The maximum atomic E-state index is 13.1. The molecule has 0 bridgehead atoms. The zero-order valence-corrected chi connectivity index (χ0v) is 19.8. The number of H-pyrrole nitrogens is 1. The van der Waals surface area contributed by atoms with Crippen molar-refractivity contribution in [3.8, 4) is 0 Å². The molecule has 4 aromatic rings. The van der Waals surface area contributed by atoms with Crippen LogP contribution in [0.4, 0.5) is 16.4 Å². The quantitative estimate of drug-likeness (QED) is 0.342. The molecule has 4 rings (SSSR count). The molecule has 2 aromatic heterocycles. The number of aliphatic imine (C=N–C) groups is 1. The molecular weight excluding hydrogens is 463 g/mol. The number of pyridine rings is 1. The lowest BCUT2D eigenvalue weighted by atomic mass is 10.0. The van der Waals surface area contributed by atoms with E-state index >= 15 is 0 Å². The average Bonchev–Trinajstić information content (AvgIpc) is 3.11. The van der Waals surface area contributed by atoms with Crippen molar-refractivity contribution in [2.45, 2.75) is 19.8 Å². The molecular formula is C23H22Cl2N6O2. The molecule has 2 aromatic carbocycles. The van der Waals surface area contributed by atoms with E-state index in [1.54, 1.807) is 24.4 Å². The van der Waals surface area contributed by atoms with Gasteiger partial charge in [0.05, 0.1) is 32.2 Å². The molecule has 0 unspecified atom stereocenters. The zero-order valence-electron chi connectivity index (χ0n) is 18.3. The summed E-state index contributed by atoms with van der Waals surface area (Å²) in [6.45, 7) is 1.97. The van der Waals surface area contributed by atoms with Gasteiger partial charge in [0.25, 0.3) is 5.56 Å². The third-order valence-electron chi connectivity index (χ3n) is 5.53. The number of fused-ring (bicyclic) bond motifs is 3. The second-order valence-corrected chi connectivity index (χ2v) is 8.35. The summed E-state index contributed by atoms with van der Waals surface area (Å²) >= 11 is 12.6. The van der Waals surface area contributed by atoms with E-state index in [1.165, 1.54) is 7.05 Å². The van der Waals surface area contributed by atoms with Crippen LogP contribution in [-0.2, 0) is 13.5 Å². The average molecular weight is 485 g/mol. The maximum absolute atomic E-state index is 13.1. The van der Waals surface area contributed by atoms with Crippen LogP contribution in [0, 0.1) is 6.92 Å². The second kappa shape index (κ2) is 9.25. The Hall–Kier alpha value is -3.36. The number of rotatable bonds is 5. The van der Waals surface area contributed by atoms with Crippen molar-refractivity contribution in [1.82, 2.24) is 19.9 Å². The van der Waals surface area contributed by atoms with E-state index in [4.69, 9.17) is 23.2 Å². The third-order valence-corrected chi connectivity index (χ3v) is 6.16.